The summed E-state index contributed by atoms with van der Waals surface area (Å²) in [5, 5.41) is 2.20. The Morgan fingerprint density at radius 1 is 0.291 bits per heavy atom. The van der Waals surface area contributed by atoms with Crippen molar-refractivity contribution in [2.75, 3.05) is 0 Å². The van der Waals surface area contributed by atoms with E-state index in [1.54, 1.807) is 0 Å². The molecule has 0 aliphatic rings. The van der Waals surface area contributed by atoms with E-state index >= 15 is 0 Å². The zero-order valence-electron chi connectivity index (χ0n) is 29.9. The zero-order chi connectivity index (χ0) is 36.6. The van der Waals surface area contributed by atoms with E-state index in [2.05, 4.69) is 170 Å². The van der Waals surface area contributed by atoms with Crippen molar-refractivity contribution in [2.45, 2.75) is 0 Å². The molecule has 0 saturated carbocycles. The highest BCUT2D eigenvalue weighted by Crippen LogP contribution is 2.41. The third kappa shape index (κ3) is 6.18. The number of rotatable bonds is 7. The van der Waals surface area contributed by atoms with E-state index < -0.39 is 0 Å². The largest absolute Gasteiger partial charge is 0.455 e. The van der Waals surface area contributed by atoms with Gasteiger partial charge in [0.2, 0.25) is 0 Å². The van der Waals surface area contributed by atoms with Crippen LogP contribution in [0.15, 0.2) is 211 Å². The average Bonchev–Trinajstić information content (AvgIpc) is 3.66. The predicted octanol–water partition coefficient (Wildman–Crippen LogP) is 14.0. The summed E-state index contributed by atoms with van der Waals surface area (Å²) >= 11 is 0. The molecule has 0 aliphatic carbocycles. The van der Waals surface area contributed by atoms with Crippen molar-refractivity contribution in [3.8, 4) is 78.4 Å². The Labute approximate surface area is 319 Å². The highest BCUT2D eigenvalue weighted by molar-refractivity contribution is 6.10. The molecule has 2 heterocycles. The standard InChI is InChI=1S/C52H34N2O/c1-4-16-35(17-5-1)38-22-14-23-39(30-38)40-31-41(44-27-15-28-47-46-26-12-13-29-50(46)55-51(44)47)33-42(32-40)48-34-49(54-52(53-48)37-20-8-3-9-21-37)45-25-11-10-24-43(45)36-18-6-2-7-19-36/h1-34H. The van der Waals surface area contributed by atoms with E-state index in [-0.39, 0.29) is 0 Å². The molecule has 3 nitrogen and oxygen atoms in total. The maximum absolute atomic E-state index is 6.59. The molecule has 0 radical (unpaired) electrons. The van der Waals surface area contributed by atoms with Crippen LogP contribution in [0.1, 0.15) is 0 Å². The summed E-state index contributed by atoms with van der Waals surface area (Å²) in [6, 6.07) is 72.2. The normalized spacial score (nSPS) is 11.3. The van der Waals surface area contributed by atoms with Crippen molar-refractivity contribution in [2.24, 2.45) is 0 Å². The second-order valence-electron chi connectivity index (χ2n) is 13.8. The van der Waals surface area contributed by atoms with Crippen LogP contribution in [0.4, 0.5) is 0 Å². The number of aromatic nitrogens is 2. The van der Waals surface area contributed by atoms with Crippen molar-refractivity contribution in [3.05, 3.63) is 206 Å². The van der Waals surface area contributed by atoms with Crippen LogP contribution in [0.5, 0.6) is 0 Å². The number of benzene rings is 8. The van der Waals surface area contributed by atoms with Crippen LogP contribution in [0.25, 0.3) is 100 Å². The summed E-state index contributed by atoms with van der Waals surface area (Å²) in [7, 11) is 0. The van der Waals surface area contributed by atoms with E-state index in [1.807, 2.05) is 36.4 Å². The van der Waals surface area contributed by atoms with Gasteiger partial charge in [-0.25, -0.2) is 9.97 Å². The van der Waals surface area contributed by atoms with Crippen molar-refractivity contribution < 1.29 is 4.42 Å². The van der Waals surface area contributed by atoms with E-state index in [0.29, 0.717) is 5.82 Å². The first-order valence-corrected chi connectivity index (χ1v) is 18.6. The molecule has 10 aromatic rings. The van der Waals surface area contributed by atoms with Gasteiger partial charge in [0.05, 0.1) is 11.4 Å². The van der Waals surface area contributed by atoms with Gasteiger partial charge >= 0.3 is 0 Å². The Kier molecular flexibility index (Phi) is 8.16. The SMILES string of the molecule is c1ccc(-c2cccc(-c3cc(-c4cc(-c5ccccc5-c5ccccc5)nc(-c5ccccc5)n4)cc(-c4cccc5c4oc4ccccc45)c3)c2)cc1. The minimum atomic E-state index is 0.674. The number of para-hydroxylation sites is 2. The second kappa shape index (κ2) is 13.9. The van der Waals surface area contributed by atoms with E-state index in [0.717, 1.165) is 89.0 Å². The van der Waals surface area contributed by atoms with Crippen LogP contribution in [0, 0.1) is 0 Å². The molecular weight excluding hydrogens is 669 g/mol. The molecule has 0 atom stereocenters. The number of fused-ring (bicyclic) bond motifs is 3. The quantitative estimate of drug-likeness (QED) is 0.166. The lowest BCUT2D eigenvalue weighted by Crippen LogP contribution is -1.97. The van der Waals surface area contributed by atoms with Crippen molar-refractivity contribution in [1.82, 2.24) is 9.97 Å². The summed E-state index contributed by atoms with van der Waals surface area (Å²) in [4.78, 5) is 10.5. The first-order chi connectivity index (χ1) is 27.2. The fraction of sp³-hybridized carbons (Fsp3) is 0. The van der Waals surface area contributed by atoms with Gasteiger partial charge < -0.3 is 4.42 Å². The average molecular weight is 703 g/mol. The molecule has 0 saturated heterocycles. The van der Waals surface area contributed by atoms with Crippen molar-refractivity contribution in [3.63, 3.8) is 0 Å². The highest BCUT2D eigenvalue weighted by Gasteiger charge is 2.18. The number of nitrogens with zero attached hydrogens (tertiary/aromatic N) is 2. The van der Waals surface area contributed by atoms with Gasteiger partial charge in [0.25, 0.3) is 0 Å². The summed E-state index contributed by atoms with van der Waals surface area (Å²) < 4.78 is 6.59. The smallest absolute Gasteiger partial charge is 0.160 e. The molecule has 0 N–H and O–H groups in total. The molecule has 3 heteroatoms. The lowest BCUT2D eigenvalue weighted by Gasteiger charge is -2.15. The van der Waals surface area contributed by atoms with Crippen LogP contribution in [0.2, 0.25) is 0 Å². The Hall–Kier alpha value is -7.36. The minimum absolute atomic E-state index is 0.674. The first kappa shape index (κ1) is 32.3. The molecule has 0 spiro atoms. The number of hydrogen-bond donors (Lipinski definition) is 0. The van der Waals surface area contributed by atoms with Crippen LogP contribution < -0.4 is 0 Å². The van der Waals surface area contributed by atoms with Crippen LogP contribution in [0.3, 0.4) is 0 Å². The van der Waals surface area contributed by atoms with Crippen LogP contribution in [-0.2, 0) is 0 Å². The van der Waals surface area contributed by atoms with Gasteiger partial charge in [0, 0.05) is 33.0 Å². The lowest BCUT2D eigenvalue weighted by atomic mass is 9.92. The van der Waals surface area contributed by atoms with E-state index in [4.69, 9.17) is 14.4 Å². The zero-order valence-corrected chi connectivity index (χ0v) is 29.9. The van der Waals surface area contributed by atoms with Gasteiger partial charge in [0.15, 0.2) is 5.82 Å². The molecule has 0 aliphatic heterocycles. The topological polar surface area (TPSA) is 38.9 Å². The minimum Gasteiger partial charge on any atom is -0.455 e. The fourth-order valence-corrected chi connectivity index (χ4v) is 7.61. The van der Waals surface area contributed by atoms with Gasteiger partial charge in [-0.2, -0.15) is 0 Å². The molecule has 10 rings (SSSR count). The summed E-state index contributed by atoms with van der Waals surface area (Å²) in [6.45, 7) is 0. The first-order valence-electron chi connectivity index (χ1n) is 18.6. The lowest BCUT2D eigenvalue weighted by molar-refractivity contribution is 0.670. The molecule has 55 heavy (non-hydrogen) atoms. The van der Waals surface area contributed by atoms with Crippen LogP contribution >= 0.6 is 0 Å². The highest BCUT2D eigenvalue weighted by atomic mass is 16.3. The molecule has 2 aromatic heterocycles. The third-order valence-electron chi connectivity index (χ3n) is 10.3. The van der Waals surface area contributed by atoms with Gasteiger partial charge in [-0.1, -0.05) is 170 Å². The second-order valence-corrected chi connectivity index (χ2v) is 13.8. The molecule has 0 amide bonds. The summed E-state index contributed by atoms with van der Waals surface area (Å²) in [5.74, 6) is 0.674. The molecular formula is C52H34N2O. The molecule has 0 unspecified atom stereocenters. The molecule has 0 bridgehead atoms. The summed E-state index contributed by atoms with van der Waals surface area (Å²) in [6.07, 6.45) is 0. The third-order valence-corrected chi connectivity index (χ3v) is 10.3. The Morgan fingerprint density at radius 3 is 1.58 bits per heavy atom. The molecule has 8 aromatic carbocycles. The molecule has 0 fully saturated rings. The molecule has 258 valence electrons. The Morgan fingerprint density at radius 2 is 0.800 bits per heavy atom. The van der Waals surface area contributed by atoms with Crippen LogP contribution in [-0.4, -0.2) is 9.97 Å². The van der Waals surface area contributed by atoms with Gasteiger partial charge in [-0.3, -0.25) is 0 Å². The maximum atomic E-state index is 6.59. The van der Waals surface area contributed by atoms with Gasteiger partial charge in [-0.05, 0) is 75.3 Å². The van der Waals surface area contributed by atoms with Crippen molar-refractivity contribution in [1.29, 1.82) is 0 Å². The summed E-state index contributed by atoms with van der Waals surface area (Å²) in [5.41, 5.74) is 15.3. The Bertz CT molecular complexity index is 2970. The Balaban J connectivity index is 1.22. The number of hydrogen-bond acceptors (Lipinski definition) is 3. The maximum Gasteiger partial charge on any atom is 0.160 e. The van der Waals surface area contributed by atoms with Gasteiger partial charge in [-0.15, -0.1) is 0 Å². The van der Waals surface area contributed by atoms with Gasteiger partial charge in [0.1, 0.15) is 11.2 Å². The monoisotopic (exact) mass is 702 g/mol. The van der Waals surface area contributed by atoms with E-state index in [1.165, 1.54) is 5.56 Å². The number of furan rings is 1. The van der Waals surface area contributed by atoms with E-state index in [9.17, 15) is 0 Å². The van der Waals surface area contributed by atoms with Crippen molar-refractivity contribution >= 4 is 21.9 Å². The predicted molar refractivity (Wildman–Crippen MR) is 227 cm³/mol. The fourth-order valence-electron chi connectivity index (χ4n) is 7.61.